The van der Waals surface area contributed by atoms with Gasteiger partial charge in [0.2, 0.25) is 0 Å². The van der Waals surface area contributed by atoms with Gasteiger partial charge in [-0.1, -0.05) is 58.4 Å². The third-order valence-corrected chi connectivity index (χ3v) is 6.35. The number of aromatic amines is 1. The second-order valence-corrected chi connectivity index (χ2v) is 8.71. The molecule has 32 heavy (non-hydrogen) atoms. The lowest BCUT2D eigenvalue weighted by Crippen LogP contribution is -2.55. The van der Waals surface area contributed by atoms with Crippen LogP contribution >= 0.6 is 15.9 Å². The van der Waals surface area contributed by atoms with Gasteiger partial charge in [-0.15, -0.1) is 0 Å². The normalized spacial score (nSPS) is 18.9. The van der Waals surface area contributed by atoms with Crippen LogP contribution in [0.25, 0.3) is 11.3 Å². The number of amides is 2. The van der Waals surface area contributed by atoms with Crippen LogP contribution in [-0.4, -0.2) is 35.5 Å². The van der Waals surface area contributed by atoms with E-state index in [1.807, 2.05) is 54.6 Å². The molecule has 2 aromatic carbocycles. The maximum absolute atomic E-state index is 13.7. The van der Waals surface area contributed by atoms with Crippen LogP contribution in [0.5, 0.6) is 0 Å². The van der Waals surface area contributed by atoms with Gasteiger partial charge in [0, 0.05) is 16.7 Å². The lowest BCUT2D eigenvalue weighted by atomic mass is 10.0. The zero-order chi connectivity index (χ0) is 22.7. The molecule has 7 nitrogen and oxygen atoms in total. The van der Waals surface area contributed by atoms with Crippen molar-refractivity contribution in [3.05, 3.63) is 82.5 Å². The summed E-state index contributed by atoms with van der Waals surface area (Å²) in [6.07, 6.45) is 0.694. The highest BCUT2D eigenvalue weighted by atomic mass is 79.9. The van der Waals surface area contributed by atoms with Crippen LogP contribution in [0.15, 0.2) is 71.2 Å². The Morgan fingerprint density at radius 3 is 2.53 bits per heavy atom. The zero-order valence-corrected chi connectivity index (χ0v) is 19.3. The largest absolute Gasteiger partial charge is 0.453 e. The Morgan fingerprint density at radius 2 is 1.84 bits per heavy atom. The lowest BCUT2D eigenvalue weighted by Gasteiger charge is -2.36. The molecule has 1 aliphatic rings. The predicted molar refractivity (Wildman–Crippen MR) is 125 cm³/mol. The first-order valence-electron chi connectivity index (χ1n) is 10.4. The minimum Gasteiger partial charge on any atom is -0.453 e. The number of methoxy groups -OCH3 is 1. The molecule has 1 aromatic heterocycles. The van der Waals surface area contributed by atoms with Gasteiger partial charge >= 0.3 is 6.09 Å². The van der Waals surface area contributed by atoms with Crippen molar-refractivity contribution in [2.24, 2.45) is 5.73 Å². The van der Waals surface area contributed by atoms with Gasteiger partial charge in [0.15, 0.2) is 0 Å². The highest BCUT2D eigenvalue weighted by Crippen LogP contribution is 2.37. The van der Waals surface area contributed by atoms with Crippen LogP contribution in [-0.2, 0) is 15.2 Å². The van der Waals surface area contributed by atoms with Crippen molar-refractivity contribution in [1.82, 2.24) is 15.2 Å². The van der Waals surface area contributed by atoms with E-state index < -0.39 is 17.8 Å². The molecule has 2 atom stereocenters. The molecule has 0 aliphatic carbocycles. The van der Waals surface area contributed by atoms with E-state index in [-0.39, 0.29) is 5.91 Å². The van der Waals surface area contributed by atoms with Crippen molar-refractivity contribution >= 4 is 27.9 Å². The van der Waals surface area contributed by atoms with Gasteiger partial charge in [0.1, 0.15) is 11.7 Å². The number of benzene rings is 2. The topological polar surface area (TPSA) is 100 Å². The first kappa shape index (κ1) is 22.1. The number of nitrogens with zero attached hydrogens (tertiary/aromatic N) is 1. The molecule has 0 radical (unpaired) electrons. The Labute approximate surface area is 195 Å². The van der Waals surface area contributed by atoms with Crippen LogP contribution in [0.3, 0.4) is 0 Å². The summed E-state index contributed by atoms with van der Waals surface area (Å²) in [5, 5.41) is 2.66. The average molecular weight is 497 g/mol. The molecule has 1 saturated heterocycles. The molecule has 8 heteroatoms. The van der Waals surface area contributed by atoms with Gasteiger partial charge in [-0.3, -0.25) is 4.79 Å². The van der Waals surface area contributed by atoms with E-state index >= 15 is 0 Å². The van der Waals surface area contributed by atoms with Gasteiger partial charge in [0.05, 0.1) is 12.8 Å². The van der Waals surface area contributed by atoms with E-state index in [0.717, 1.165) is 27.8 Å². The number of rotatable bonds is 5. The van der Waals surface area contributed by atoms with Crippen molar-refractivity contribution in [3.8, 4) is 11.3 Å². The van der Waals surface area contributed by atoms with E-state index in [4.69, 9.17) is 10.5 Å². The highest BCUT2D eigenvalue weighted by molar-refractivity contribution is 9.10. The summed E-state index contributed by atoms with van der Waals surface area (Å²) in [4.78, 5) is 30.7. The molecule has 0 spiro atoms. The van der Waals surface area contributed by atoms with Crippen LogP contribution in [0.2, 0.25) is 0 Å². The number of hydrogen-bond acceptors (Lipinski definition) is 4. The van der Waals surface area contributed by atoms with Crippen molar-refractivity contribution in [3.63, 3.8) is 0 Å². The number of carbonyl (C=O) groups is 2. The minimum absolute atomic E-state index is 0.276. The number of carbonyl (C=O) groups excluding carboxylic acids is 2. The number of H-pyrrole nitrogens is 1. The lowest BCUT2D eigenvalue weighted by molar-refractivity contribution is -0.138. The third-order valence-electron chi connectivity index (χ3n) is 5.82. The molecule has 1 aliphatic heterocycles. The van der Waals surface area contributed by atoms with Crippen LogP contribution in [0, 0.1) is 0 Å². The molecule has 4 N–H and O–H groups in total. The molecule has 4 rings (SSSR count). The van der Waals surface area contributed by atoms with Gasteiger partial charge in [-0.2, -0.15) is 0 Å². The summed E-state index contributed by atoms with van der Waals surface area (Å²) in [6, 6.07) is 20.1. The van der Waals surface area contributed by atoms with Gasteiger partial charge in [-0.25, -0.2) is 4.79 Å². The summed E-state index contributed by atoms with van der Waals surface area (Å²) in [6.45, 7) is 0.494. The maximum atomic E-state index is 13.7. The summed E-state index contributed by atoms with van der Waals surface area (Å²) in [5.74, 6) is -0.276. The molecular formula is C24H25BrN4O3. The Balaban J connectivity index is 1.64. The Bertz CT molecular complexity index is 1100. The summed E-state index contributed by atoms with van der Waals surface area (Å²) >= 11 is 3.45. The molecule has 0 unspecified atom stereocenters. The molecule has 2 amide bonds. The molecule has 166 valence electrons. The number of likely N-dealkylation sites (tertiary alicyclic amines) is 1. The zero-order valence-electron chi connectivity index (χ0n) is 17.7. The highest BCUT2D eigenvalue weighted by Gasteiger charge is 2.45. The summed E-state index contributed by atoms with van der Waals surface area (Å²) in [7, 11) is 1.27. The molecule has 2 heterocycles. The predicted octanol–water partition coefficient (Wildman–Crippen LogP) is 4.28. The average Bonchev–Trinajstić information content (AvgIpc) is 3.46. The van der Waals surface area contributed by atoms with Crippen LogP contribution in [0.4, 0.5) is 4.79 Å². The van der Waals surface area contributed by atoms with E-state index in [2.05, 4.69) is 26.2 Å². The van der Waals surface area contributed by atoms with Crippen LogP contribution in [0.1, 0.15) is 30.1 Å². The maximum Gasteiger partial charge on any atom is 0.407 e. The Kier molecular flexibility index (Phi) is 6.34. The number of hydrogen-bond donors (Lipinski definition) is 3. The second kappa shape index (κ2) is 9.18. The molecule has 1 fully saturated rings. The Morgan fingerprint density at radius 1 is 1.12 bits per heavy atom. The fourth-order valence-electron chi connectivity index (χ4n) is 4.14. The molecule has 3 aromatic rings. The number of aromatic nitrogens is 1. The monoisotopic (exact) mass is 496 g/mol. The van der Waals surface area contributed by atoms with Crippen molar-refractivity contribution in [2.75, 3.05) is 13.7 Å². The quantitative estimate of drug-likeness (QED) is 0.490. The second-order valence-electron chi connectivity index (χ2n) is 7.79. The summed E-state index contributed by atoms with van der Waals surface area (Å²) < 4.78 is 5.75. The van der Waals surface area contributed by atoms with E-state index in [9.17, 15) is 9.59 Å². The van der Waals surface area contributed by atoms with Crippen molar-refractivity contribution in [1.29, 1.82) is 0 Å². The number of nitrogens with one attached hydrogen (secondary N) is 2. The van der Waals surface area contributed by atoms with Crippen molar-refractivity contribution in [2.45, 2.75) is 24.5 Å². The van der Waals surface area contributed by atoms with E-state index in [1.54, 1.807) is 17.0 Å². The standard InChI is InChI=1S/C24H25BrN4O3/c1-32-23(31)28-21(17-6-3-2-4-7-17)22(30)29-15-5-14-24(29,26)20-13-12-19(27-20)16-8-10-18(25)11-9-16/h2-4,6-13,21,27H,5,14-15,26H2,1H3,(H,28,31)/t21-,24+/m1/s1. The van der Waals surface area contributed by atoms with E-state index in [1.165, 1.54) is 7.11 Å². The summed E-state index contributed by atoms with van der Waals surface area (Å²) in [5.41, 5.74) is 9.20. The van der Waals surface area contributed by atoms with Crippen LogP contribution < -0.4 is 11.1 Å². The Hall–Kier alpha value is -3.10. The fraction of sp³-hybridized carbons (Fsp3) is 0.250. The van der Waals surface area contributed by atoms with Gasteiger partial charge in [0.25, 0.3) is 5.91 Å². The number of nitrogens with two attached hydrogens (primary N) is 1. The SMILES string of the molecule is COC(=O)N[C@@H](C(=O)N1CCC[C@@]1(N)c1ccc(-c2ccc(Br)cc2)[nH]1)c1ccccc1. The smallest absolute Gasteiger partial charge is 0.407 e. The van der Waals surface area contributed by atoms with Gasteiger partial charge in [-0.05, 0) is 48.2 Å². The number of ether oxygens (including phenoxy) is 1. The first-order chi connectivity index (χ1) is 15.4. The molecule has 0 saturated carbocycles. The number of halogens is 1. The minimum atomic E-state index is -1.00. The molecular weight excluding hydrogens is 472 g/mol. The first-order valence-corrected chi connectivity index (χ1v) is 11.2. The van der Waals surface area contributed by atoms with Gasteiger partial charge < -0.3 is 25.7 Å². The number of alkyl carbamates (subject to hydrolysis) is 1. The van der Waals surface area contributed by atoms with E-state index in [0.29, 0.717) is 18.5 Å². The molecule has 0 bridgehead atoms. The van der Waals surface area contributed by atoms with Crippen molar-refractivity contribution < 1.29 is 14.3 Å². The third kappa shape index (κ3) is 4.28. The fourth-order valence-corrected chi connectivity index (χ4v) is 4.40.